The fourth-order valence-electron chi connectivity index (χ4n) is 2.31. The fraction of sp³-hybridized carbons (Fsp3) is 0.111. The molecular formula is C18H14Cl2N4O2. The second kappa shape index (κ2) is 8.12. The monoisotopic (exact) mass is 388 g/mol. The molecule has 1 aromatic carbocycles. The van der Waals surface area contributed by atoms with E-state index in [1.54, 1.807) is 30.3 Å². The summed E-state index contributed by atoms with van der Waals surface area (Å²) in [5.41, 5.74) is 1.51. The minimum Gasteiger partial charge on any atom is -0.350 e. The van der Waals surface area contributed by atoms with E-state index in [0.717, 1.165) is 5.56 Å². The summed E-state index contributed by atoms with van der Waals surface area (Å²) < 4.78 is 1.30. The first-order chi connectivity index (χ1) is 12.5. The second-order valence-corrected chi connectivity index (χ2v) is 6.18. The van der Waals surface area contributed by atoms with Gasteiger partial charge in [-0.3, -0.25) is 9.59 Å². The lowest BCUT2D eigenvalue weighted by Crippen LogP contribution is -2.32. The number of rotatable bonds is 5. The Morgan fingerprint density at radius 1 is 1.08 bits per heavy atom. The summed E-state index contributed by atoms with van der Waals surface area (Å²) >= 11 is 11.8. The molecule has 0 aliphatic heterocycles. The molecule has 0 aliphatic rings. The van der Waals surface area contributed by atoms with Gasteiger partial charge in [-0.2, -0.15) is 5.10 Å². The van der Waals surface area contributed by atoms with E-state index in [4.69, 9.17) is 23.2 Å². The summed E-state index contributed by atoms with van der Waals surface area (Å²) in [5, 5.41) is 7.79. The normalized spacial score (nSPS) is 10.5. The molecule has 0 bridgehead atoms. The molecule has 0 saturated heterocycles. The Morgan fingerprint density at radius 3 is 2.58 bits per heavy atom. The standard InChI is InChI=1S/C18H14Cl2N4O2/c19-13-5-3-12(4-6-13)15-7-8-16(25)24(23-15)11-10-22-18(26)14-2-1-9-21-17(14)20/h1-9H,10-11H2,(H,22,26). The van der Waals surface area contributed by atoms with Crippen molar-refractivity contribution in [1.29, 1.82) is 0 Å². The number of amides is 1. The number of hydrogen-bond donors (Lipinski definition) is 1. The highest BCUT2D eigenvalue weighted by atomic mass is 35.5. The Balaban J connectivity index is 1.69. The topological polar surface area (TPSA) is 76.9 Å². The van der Waals surface area contributed by atoms with Crippen LogP contribution in [0.5, 0.6) is 0 Å². The highest BCUT2D eigenvalue weighted by Gasteiger charge is 2.10. The Morgan fingerprint density at radius 2 is 1.85 bits per heavy atom. The van der Waals surface area contributed by atoms with Gasteiger partial charge in [0.05, 0.1) is 17.8 Å². The van der Waals surface area contributed by atoms with Crippen LogP contribution in [0.1, 0.15) is 10.4 Å². The van der Waals surface area contributed by atoms with Crippen LogP contribution >= 0.6 is 23.2 Å². The first kappa shape index (κ1) is 18.1. The Bertz CT molecular complexity index is 987. The molecule has 2 aromatic heterocycles. The second-order valence-electron chi connectivity index (χ2n) is 5.38. The van der Waals surface area contributed by atoms with Crippen molar-refractivity contribution in [3.8, 4) is 11.3 Å². The molecule has 26 heavy (non-hydrogen) atoms. The van der Waals surface area contributed by atoms with Gasteiger partial charge in [0.1, 0.15) is 5.15 Å². The van der Waals surface area contributed by atoms with Crippen molar-refractivity contribution in [2.75, 3.05) is 6.54 Å². The summed E-state index contributed by atoms with van der Waals surface area (Å²) in [6, 6.07) is 13.5. The molecule has 0 unspecified atom stereocenters. The number of carbonyl (C=O) groups excluding carboxylic acids is 1. The number of pyridine rings is 1. The van der Waals surface area contributed by atoms with Crippen LogP contribution in [0.15, 0.2) is 59.5 Å². The fourth-order valence-corrected chi connectivity index (χ4v) is 2.64. The Kier molecular flexibility index (Phi) is 5.65. The van der Waals surface area contributed by atoms with E-state index in [0.29, 0.717) is 10.7 Å². The van der Waals surface area contributed by atoms with Crippen LogP contribution in [-0.2, 0) is 6.54 Å². The predicted octanol–water partition coefficient (Wildman–Crippen LogP) is 3.04. The van der Waals surface area contributed by atoms with Crippen molar-refractivity contribution in [2.24, 2.45) is 0 Å². The average molecular weight is 389 g/mol. The maximum absolute atomic E-state index is 12.1. The number of carbonyl (C=O) groups is 1. The average Bonchev–Trinajstić information content (AvgIpc) is 2.64. The van der Waals surface area contributed by atoms with Crippen LogP contribution in [0.2, 0.25) is 10.2 Å². The molecular weight excluding hydrogens is 375 g/mol. The van der Waals surface area contributed by atoms with Crippen molar-refractivity contribution in [1.82, 2.24) is 20.1 Å². The van der Waals surface area contributed by atoms with Crippen LogP contribution in [0.3, 0.4) is 0 Å². The van der Waals surface area contributed by atoms with Crippen molar-refractivity contribution < 1.29 is 4.79 Å². The summed E-state index contributed by atoms with van der Waals surface area (Å²) in [4.78, 5) is 28.0. The number of benzene rings is 1. The van der Waals surface area contributed by atoms with Gasteiger partial charge in [-0.25, -0.2) is 9.67 Å². The van der Waals surface area contributed by atoms with Gasteiger partial charge in [0, 0.05) is 29.4 Å². The first-order valence-electron chi connectivity index (χ1n) is 7.77. The smallest absolute Gasteiger partial charge is 0.266 e. The molecule has 6 nitrogen and oxygen atoms in total. The molecule has 0 radical (unpaired) electrons. The van der Waals surface area contributed by atoms with Crippen LogP contribution in [0.4, 0.5) is 0 Å². The van der Waals surface area contributed by atoms with E-state index in [1.807, 2.05) is 12.1 Å². The highest BCUT2D eigenvalue weighted by Crippen LogP contribution is 2.18. The zero-order valence-corrected chi connectivity index (χ0v) is 15.0. The SMILES string of the molecule is O=C(NCCn1nc(-c2ccc(Cl)cc2)ccc1=O)c1cccnc1Cl. The molecule has 3 rings (SSSR count). The van der Waals surface area contributed by atoms with E-state index in [2.05, 4.69) is 15.4 Å². The Hall–Kier alpha value is -2.70. The molecule has 0 aliphatic carbocycles. The maximum Gasteiger partial charge on any atom is 0.266 e. The molecule has 0 fully saturated rings. The summed E-state index contributed by atoms with van der Waals surface area (Å²) in [6.45, 7) is 0.449. The van der Waals surface area contributed by atoms with Gasteiger partial charge >= 0.3 is 0 Å². The maximum atomic E-state index is 12.1. The summed E-state index contributed by atoms with van der Waals surface area (Å²) in [7, 11) is 0. The quantitative estimate of drug-likeness (QED) is 0.681. The van der Waals surface area contributed by atoms with E-state index in [-0.39, 0.29) is 35.3 Å². The first-order valence-corrected chi connectivity index (χ1v) is 8.53. The van der Waals surface area contributed by atoms with Gasteiger partial charge in [-0.1, -0.05) is 35.3 Å². The summed E-state index contributed by atoms with van der Waals surface area (Å²) in [6.07, 6.45) is 1.50. The van der Waals surface area contributed by atoms with Gasteiger partial charge in [-0.15, -0.1) is 0 Å². The van der Waals surface area contributed by atoms with Gasteiger partial charge in [0.2, 0.25) is 0 Å². The molecule has 8 heteroatoms. The van der Waals surface area contributed by atoms with E-state index < -0.39 is 0 Å². The summed E-state index contributed by atoms with van der Waals surface area (Å²) in [5.74, 6) is -0.356. The van der Waals surface area contributed by atoms with Crippen LogP contribution in [0.25, 0.3) is 11.3 Å². The Labute approximate surface area is 159 Å². The number of aromatic nitrogens is 3. The molecule has 0 saturated carbocycles. The van der Waals surface area contributed by atoms with E-state index >= 15 is 0 Å². The molecule has 2 heterocycles. The molecule has 0 spiro atoms. The van der Waals surface area contributed by atoms with E-state index in [9.17, 15) is 9.59 Å². The third-order valence-corrected chi connectivity index (χ3v) is 4.17. The molecule has 1 N–H and O–H groups in total. The number of nitrogens with zero attached hydrogens (tertiary/aromatic N) is 3. The van der Waals surface area contributed by atoms with E-state index in [1.165, 1.54) is 16.9 Å². The lowest BCUT2D eigenvalue weighted by Gasteiger charge is -2.09. The lowest BCUT2D eigenvalue weighted by molar-refractivity contribution is 0.0951. The minimum absolute atomic E-state index is 0.130. The van der Waals surface area contributed by atoms with Gasteiger partial charge < -0.3 is 5.32 Å². The lowest BCUT2D eigenvalue weighted by atomic mass is 10.1. The molecule has 0 atom stereocenters. The van der Waals surface area contributed by atoms with Crippen molar-refractivity contribution >= 4 is 29.1 Å². The van der Waals surface area contributed by atoms with Gasteiger partial charge in [0.25, 0.3) is 11.5 Å². The highest BCUT2D eigenvalue weighted by molar-refractivity contribution is 6.32. The van der Waals surface area contributed by atoms with Gasteiger partial charge in [0.15, 0.2) is 0 Å². The van der Waals surface area contributed by atoms with Gasteiger partial charge in [-0.05, 0) is 30.3 Å². The predicted molar refractivity (Wildman–Crippen MR) is 101 cm³/mol. The third-order valence-electron chi connectivity index (χ3n) is 3.62. The van der Waals surface area contributed by atoms with Crippen molar-refractivity contribution in [2.45, 2.75) is 6.54 Å². The number of nitrogens with one attached hydrogen (secondary N) is 1. The minimum atomic E-state index is -0.356. The zero-order valence-electron chi connectivity index (χ0n) is 13.5. The third kappa shape index (κ3) is 4.28. The molecule has 3 aromatic rings. The number of hydrogen-bond acceptors (Lipinski definition) is 4. The van der Waals surface area contributed by atoms with Crippen LogP contribution in [0, 0.1) is 0 Å². The van der Waals surface area contributed by atoms with Crippen LogP contribution < -0.4 is 10.9 Å². The molecule has 1 amide bonds. The zero-order chi connectivity index (χ0) is 18.5. The van der Waals surface area contributed by atoms with Crippen LogP contribution in [-0.4, -0.2) is 27.2 Å². The van der Waals surface area contributed by atoms with Crippen molar-refractivity contribution in [3.63, 3.8) is 0 Å². The number of halogens is 2. The van der Waals surface area contributed by atoms with Crippen molar-refractivity contribution in [3.05, 3.63) is 80.8 Å². The largest absolute Gasteiger partial charge is 0.350 e. The molecule has 132 valence electrons.